The first-order valence-corrected chi connectivity index (χ1v) is 12.6. The summed E-state index contributed by atoms with van der Waals surface area (Å²) in [6, 6.07) is 17.3. The molecule has 0 saturated carbocycles. The fourth-order valence-electron chi connectivity index (χ4n) is 3.85. The van der Waals surface area contributed by atoms with Crippen LogP contribution in [0.25, 0.3) is 0 Å². The number of amides is 1. The van der Waals surface area contributed by atoms with Crippen molar-refractivity contribution in [2.75, 3.05) is 44.6 Å². The second-order valence-corrected chi connectivity index (χ2v) is 9.78. The first-order valence-electron chi connectivity index (χ1n) is 11.1. The molecular weight excluding hydrogens is 452 g/mol. The predicted molar refractivity (Wildman–Crippen MR) is 131 cm³/mol. The molecule has 0 atom stereocenters. The summed E-state index contributed by atoms with van der Waals surface area (Å²) in [7, 11) is -2.08. The molecule has 4 rings (SSSR count). The topological polar surface area (TPSA) is 91.8 Å². The number of pyridine rings is 1. The fourth-order valence-corrected chi connectivity index (χ4v) is 4.91. The van der Waals surface area contributed by atoms with Crippen LogP contribution in [0.5, 0.6) is 5.75 Å². The van der Waals surface area contributed by atoms with Gasteiger partial charge in [0.25, 0.3) is 15.9 Å². The Labute approximate surface area is 200 Å². The van der Waals surface area contributed by atoms with E-state index >= 15 is 0 Å². The number of hydrogen-bond acceptors (Lipinski definition) is 6. The number of nitrogens with zero attached hydrogens (tertiary/aromatic N) is 3. The first-order chi connectivity index (χ1) is 16.4. The summed E-state index contributed by atoms with van der Waals surface area (Å²) in [6.45, 7) is 3.84. The van der Waals surface area contributed by atoms with E-state index in [0.717, 1.165) is 31.8 Å². The Morgan fingerprint density at radius 1 is 0.941 bits per heavy atom. The molecule has 9 heteroatoms. The molecule has 0 unspecified atom stereocenters. The van der Waals surface area contributed by atoms with E-state index in [4.69, 9.17) is 4.74 Å². The van der Waals surface area contributed by atoms with Crippen LogP contribution < -0.4 is 9.46 Å². The lowest BCUT2D eigenvalue weighted by Gasteiger charge is -2.34. The first kappa shape index (κ1) is 23.7. The van der Waals surface area contributed by atoms with Crippen LogP contribution in [0.3, 0.4) is 0 Å². The third-order valence-corrected chi connectivity index (χ3v) is 7.28. The van der Waals surface area contributed by atoms with Crippen molar-refractivity contribution < 1.29 is 17.9 Å². The molecule has 0 aliphatic carbocycles. The summed E-state index contributed by atoms with van der Waals surface area (Å²) in [5.74, 6) is 0.771. The molecule has 0 radical (unpaired) electrons. The van der Waals surface area contributed by atoms with Gasteiger partial charge in [-0.05, 0) is 60.5 Å². The van der Waals surface area contributed by atoms with Gasteiger partial charge in [0.1, 0.15) is 5.75 Å². The van der Waals surface area contributed by atoms with E-state index in [9.17, 15) is 13.2 Å². The lowest BCUT2D eigenvalue weighted by molar-refractivity contribution is 0.0638. The number of piperazine rings is 1. The van der Waals surface area contributed by atoms with E-state index in [2.05, 4.69) is 26.7 Å². The maximum Gasteiger partial charge on any atom is 0.261 e. The summed E-state index contributed by atoms with van der Waals surface area (Å²) in [5.41, 5.74) is 2.17. The van der Waals surface area contributed by atoms with Gasteiger partial charge in [-0.15, -0.1) is 0 Å². The SMILES string of the molecule is COc1ccc(CCN2CCN(C(=O)c3ccc(S(=O)(=O)Nc4ccncc4)cc3)CC2)cc1. The largest absolute Gasteiger partial charge is 0.497 e. The molecule has 2 heterocycles. The molecule has 34 heavy (non-hydrogen) atoms. The number of aromatic nitrogens is 1. The minimum absolute atomic E-state index is 0.0826. The van der Waals surface area contributed by atoms with Crippen molar-refractivity contribution in [2.45, 2.75) is 11.3 Å². The van der Waals surface area contributed by atoms with Crippen LogP contribution in [0.4, 0.5) is 5.69 Å². The lowest BCUT2D eigenvalue weighted by atomic mass is 10.1. The van der Waals surface area contributed by atoms with Gasteiger partial charge in [-0.2, -0.15) is 0 Å². The average Bonchev–Trinajstić information content (AvgIpc) is 2.88. The molecule has 1 saturated heterocycles. The Morgan fingerprint density at radius 2 is 1.59 bits per heavy atom. The third kappa shape index (κ3) is 5.92. The Balaban J connectivity index is 1.29. The van der Waals surface area contributed by atoms with Crippen molar-refractivity contribution in [2.24, 2.45) is 0 Å². The summed E-state index contributed by atoms with van der Waals surface area (Å²) >= 11 is 0. The number of carbonyl (C=O) groups excluding carboxylic acids is 1. The molecule has 1 amide bonds. The summed E-state index contributed by atoms with van der Waals surface area (Å²) in [6.07, 6.45) is 3.97. The third-order valence-electron chi connectivity index (χ3n) is 5.88. The van der Waals surface area contributed by atoms with Crippen molar-refractivity contribution in [3.05, 3.63) is 84.2 Å². The van der Waals surface area contributed by atoms with E-state index in [1.165, 1.54) is 30.1 Å². The quantitative estimate of drug-likeness (QED) is 0.533. The van der Waals surface area contributed by atoms with Crippen LogP contribution in [0.2, 0.25) is 0 Å². The van der Waals surface area contributed by atoms with Crippen molar-refractivity contribution in [3.8, 4) is 5.75 Å². The molecule has 2 aromatic carbocycles. The van der Waals surface area contributed by atoms with Gasteiger partial charge in [0.2, 0.25) is 0 Å². The molecule has 1 aliphatic rings. The minimum atomic E-state index is -3.74. The molecule has 1 fully saturated rings. The van der Waals surface area contributed by atoms with Crippen molar-refractivity contribution >= 4 is 21.6 Å². The zero-order valence-corrected chi connectivity index (χ0v) is 19.9. The number of carbonyl (C=O) groups is 1. The van der Waals surface area contributed by atoms with E-state index in [1.54, 1.807) is 31.4 Å². The number of ether oxygens (including phenoxy) is 1. The smallest absolute Gasteiger partial charge is 0.261 e. The van der Waals surface area contributed by atoms with Gasteiger partial charge in [-0.25, -0.2) is 8.42 Å². The van der Waals surface area contributed by atoms with Crippen LogP contribution in [0.15, 0.2) is 78.0 Å². The van der Waals surface area contributed by atoms with Gasteiger partial charge in [-0.1, -0.05) is 12.1 Å². The minimum Gasteiger partial charge on any atom is -0.497 e. The van der Waals surface area contributed by atoms with Gasteiger partial charge < -0.3 is 9.64 Å². The van der Waals surface area contributed by atoms with Crippen LogP contribution >= 0.6 is 0 Å². The highest BCUT2D eigenvalue weighted by Crippen LogP contribution is 2.18. The Hall–Kier alpha value is -3.43. The van der Waals surface area contributed by atoms with Crippen LogP contribution in [-0.4, -0.2) is 68.9 Å². The van der Waals surface area contributed by atoms with E-state index in [1.807, 2.05) is 17.0 Å². The molecule has 8 nitrogen and oxygen atoms in total. The Bertz CT molecular complexity index is 1190. The maximum atomic E-state index is 12.9. The van der Waals surface area contributed by atoms with E-state index in [0.29, 0.717) is 24.3 Å². The Kier molecular flexibility index (Phi) is 7.44. The number of methoxy groups -OCH3 is 1. The molecule has 1 aromatic heterocycles. The number of nitrogens with one attached hydrogen (secondary N) is 1. The molecule has 0 bridgehead atoms. The zero-order valence-electron chi connectivity index (χ0n) is 19.1. The number of sulfonamides is 1. The second kappa shape index (κ2) is 10.7. The van der Waals surface area contributed by atoms with Gasteiger partial charge in [0.05, 0.1) is 17.7 Å². The van der Waals surface area contributed by atoms with Crippen LogP contribution in [-0.2, 0) is 16.4 Å². The number of anilines is 1. The average molecular weight is 481 g/mol. The fraction of sp³-hybridized carbons (Fsp3) is 0.280. The predicted octanol–water partition coefficient (Wildman–Crippen LogP) is 2.89. The number of benzene rings is 2. The summed E-state index contributed by atoms with van der Waals surface area (Å²) in [5, 5.41) is 0. The van der Waals surface area contributed by atoms with Crippen LogP contribution in [0.1, 0.15) is 15.9 Å². The summed E-state index contributed by atoms with van der Waals surface area (Å²) < 4.78 is 32.9. The second-order valence-electron chi connectivity index (χ2n) is 8.10. The van der Waals surface area contributed by atoms with Crippen molar-refractivity contribution in [3.63, 3.8) is 0 Å². The standard InChI is InChI=1S/C25H28N4O4S/c1-33-23-6-2-20(3-7-23)12-15-28-16-18-29(19-17-28)25(30)21-4-8-24(9-5-21)34(31,32)27-22-10-13-26-14-11-22/h2-11,13-14H,12,15-19H2,1H3,(H,26,27). The highest BCUT2D eigenvalue weighted by atomic mass is 32.2. The normalized spacial score (nSPS) is 14.6. The van der Waals surface area contributed by atoms with Crippen molar-refractivity contribution in [1.82, 2.24) is 14.8 Å². The van der Waals surface area contributed by atoms with E-state index < -0.39 is 10.0 Å². The Morgan fingerprint density at radius 3 is 2.21 bits per heavy atom. The highest BCUT2D eigenvalue weighted by Gasteiger charge is 2.23. The molecule has 3 aromatic rings. The lowest BCUT2D eigenvalue weighted by Crippen LogP contribution is -2.49. The molecule has 1 N–H and O–H groups in total. The van der Waals surface area contributed by atoms with Gasteiger partial charge in [0, 0.05) is 50.7 Å². The van der Waals surface area contributed by atoms with Crippen LogP contribution in [0, 0.1) is 0 Å². The molecule has 178 valence electrons. The van der Waals surface area contributed by atoms with Crippen molar-refractivity contribution in [1.29, 1.82) is 0 Å². The number of hydrogen-bond donors (Lipinski definition) is 1. The summed E-state index contributed by atoms with van der Waals surface area (Å²) in [4.78, 5) is 21.1. The van der Waals surface area contributed by atoms with Gasteiger partial charge in [0.15, 0.2) is 0 Å². The number of rotatable bonds is 8. The zero-order chi connectivity index (χ0) is 24.0. The maximum absolute atomic E-state index is 12.9. The molecular formula is C25H28N4O4S. The monoisotopic (exact) mass is 480 g/mol. The van der Waals surface area contributed by atoms with Gasteiger partial charge in [-0.3, -0.25) is 19.4 Å². The highest BCUT2D eigenvalue weighted by molar-refractivity contribution is 7.92. The van der Waals surface area contributed by atoms with Gasteiger partial charge >= 0.3 is 0 Å². The van der Waals surface area contributed by atoms with E-state index in [-0.39, 0.29) is 10.8 Å². The molecule has 1 aliphatic heterocycles. The molecule has 0 spiro atoms.